The summed E-state index contributed by atoms with van der Waals surface area (Å²) in [6.07, 6.45) is 2.00. The van der Waals surface area contributed by atoms with Gasteiger partial charge in [-0.2, -0.15) is 0 Å². The lowest BCUT2D eigenvalue weighted by molar-refractivity contribution is 0.0960. The second kappa shape index (κ2) is 3.97. The van der Waals surface area contributed by atoms with E-state index in [1.165, 1.54) is 10.9 Å². The first-order valence-electron chi connectivity index (χ1n) is 6.72. The molecule has 20 heavy (non-hydrogen) atoms. The topological polar surface area (TPSA) is 44.9 Å². The molecule has 98 valence electrons. The minimum atomic E-state index is -0.0609. The number of carbonyl (C=O) groups is 1. The SMILES string of the molecule is Cc1cccc2c([C@@H]3NC(=O)c4ccccc43)c[nH]c12. The van der Waals surface area contributed by atoms with Crippen molar-refractivity contribution in [1.82, 2.24) is 10.3 Å². The van der Waals surface area contributed by atoms with Crippen LogP contribution in [0, 0.1) is 6.92 Å². The van der Waals surface area contributed by atoms with Crippen LogP contribution in [-0.2, 0) is 0 Å². The van der Waals surface area contributed by atoms with E-state index in [1.807, 2.05) is 30.5 Å². The standard InChI is InChI=1S/C17H14N2O/c1-10-5-4-8-12-14(9-18-15(10)12)16-11-6-2-3-7-13(11)17(20)19-16/h2-9,16,18H,1H3,(H,19,20)/t16-/m1/s1. The van der Waals surface area contributed by atoms with Crippen LogP contribution in [0.15, 0.2) is 48.7 Å². The van der Waals surface area contributed by atoms with Crippen LogP contribution in [0.3, 0.4) is 0 Å². The molecule has 4 rings (SSSR count). The van der Waals surface area contributed by atoms with Crippen LogP contribution < -0.4 is 5.32 Å². The molecule has 3 aromatic rings. The molecule has 0 fully saturated rings. The van der Waals surface area contributed by atoms with Gasteiger partial charge in [0.05, 0.1) is 6.04 Å². The first kappa shape index (κ1) is 11.3. The van der Waals surface area contributed by atoms with E-state index in [9.17, 15) is 4.79 Å². The Morgan fingerprint density at radius 2 is 1.85 bits per heavy atom. The van der Waals surface area contributed by atoms with Gasteiger partial charge in [-0.3, -0.25) is 4.79 Å². The van der Waals surface area contributed by atoms with Gasteiger partial charge in [0.2, 0.25) is 0 Å². The van der Waals surface area contributed by atoms with Crippen LogP contribution in [0.1, 0.15) is 33.1 Å². The molecule has 1 aliphatic rings. The van der Waals surface area contributed by atoms with Crippen molar-refractivity contribution < 1.29 is 4.79 Å². The van der Waals surface area contributed by atoms with Crippen LogP contribution in [0.4, 0.5) is 0 Å². The van der Waals surface area contributed by atoms with Crippen LogP contribution in [-0.4, -0.2) is 10.9 Å². The number of carbonyl (C=O) groups excluding carboxylic acids is 1. The number of amides is 1. The molecule has 0 unspecified atom stereocenters. The minimum Gasteiger partial charge on any atom is -0.361 e. The largest absolute Gasteiger partial charge is 0.361 e. The summed E-state index contributed by atoms with van der Waals surface area (Å²) in [5.41, 5.74) is 5.31. The van der Waals surface area contributed by atoms with E-state index in [1.54, 1.807) is 0 Å². The van der Waals surface area contributed by atoms with Crippen molar-refractivity contribution in [1.29, 1.82) is 0 Å². The van der Waals surface area contributed by atoms with Crippen molar-refractivity contribution in [3.63, 3.8) is 0 Å². The number of nitrogens with one attached hydrogen (secondary N) is 2. The summed E-state index contributed by atoms with van der Waals surface area (Å²) in [5, 5.41) is 4.25. The van der Waals surface area contributed by atoms with Crippen LogP contribution in [0.25, 0.3) is 10.9 Å². The summed E-state index contributed by atoms with van der Waals surface area (Å²) in [4.78, 5) is 15.4. The van der Waals surface area contributed by atoms with E-state index >= 15 is 0 Å². The Kier molecular flexibility index (Phi) is 2.24. The Morgan fingerprint density at radius 3 is 2.75 bits per heavy atom. The first-order chi connectivity index (χ1) is 9.75. The van der Waals surface area contributed by atoms with Gasteiger partial charge in [-0.25, -0.2) is 0 Å². The predicted molar refractivity (Wildman–Crippen MR) is 78.8 cm³/mol. The molecule has 0 saturated carbocycles. The molecule has 1 amide bonds. The number of H-pyrrole nitrogens is 1. The van der Waals surface area contributed by atoms with Gasteiger partial charge in [-0.05, 0) is 24.1 Å². The lowest BCUT2D eigenvalue weighted by Crippen LogP contribution is -2.19. The minimum absolute atomic E-state index is 0.00704. The monoisotopic (exact) mass is 262 g/mol. The third-order valence-electron chi connectivity index (χ3n) is 4.06. The number of aromatic nitrogens is 1. The van der Waals surface area contributed by atoms with Crippen molar-refractivity contribution in [2.75, 3.05) is 0 Å². The number of benzene rings is 2. The van der Waals surface area contributed by atoms with Crippen molar-refractivity contribution in [3.8, 4) is 0 Å². The van der Waals surface area contributed by atoms with Crippen LogP contribution in [0.2, 0.25) is 0 Å². The van der Waals surface area contributed by atoms with E-state index < -0.39 is 0 Å². The van der Waals surface area contributed by atoms with Gasteiger partial charge < -0.3 is 10.3 Å². The molecule has 0 spiro atoms. The Hall–Kier alpha value is -2.55. The molecule has 1 atom stereocenters. The number of hydrogen-bond donors (Lipinski definition) is 2. The van der Waals surface area contributed by atoms with Gasteiger partial charge in [0.15, 0.2) is 0 Å². The molecule has 0 aliphatic carbocycles. The summed E-state index contributed by atoms with van der Waals surface area (Å²) in [7, 11) is 0. The number of fused-ring (bicyclic) bond motifs is 2. The molecule has 1 aliphatic heterocycles. The van der Waals surface area contributed by atoms with Crippen LogP contribution in [0.5, 0.6) is 0 Å². The maximum absolute atomic E-state index is 12.1. The van der Waals surface area contributed by atoms with E-state index in [4.69, 9.17) is 0 Å². The Morgan fingerprint density at radius 1 is 1.00 bits per heavy atom. The maximum atomic E-state index is 12.1. The second-order valence-corrected chi connectivity index (χ2v) is 5.24. The summed E-state index contributed by atoms with van der Waals surface area (Å²) < 4.78 is 0. The zero-order valence-corrected chi connectivity index (χ0v) is 11.1. The summed E-state index contributed by atoms with van der Waals surface area (Å²) in [6.45, 7) is 2.09. The zero-order valence-electron chi connectivity index (χ0n) is 11.1. The van der Waals surface area contributed by atoms with E-state index in [2.05, 4.69) is 35.4 Å². The molecule has 2 N–H and O–H groups in total. The van der Waals surface area contributed by atoms with E-state index in [0.29, 0.717) is 0 Å². The first-order valence-corrected chi connectivity index (χ1v) is 6.72. The van der Waals surface area contributed by atoms with Gasteiger partial charge in [0.25, 0.3) is 5.91 Å². The third kappa shape index (κ3) is 1.43. The van der Waals surface area contributed by atoms with E-state index in [-0.39, 0.29) is 11.9 Å². The molecule has 2 aromatic carbocycles. The smallest absolute Gasteiger partial charge is 0.252 e. The second-order valence-electron chi connectivity index (χ2n) is 5.24. The number of para-hydroxylation sites is 1. The van der Waals surface area contributed by atoms with Gasteiger partial charge >= 0.3 is 0 Å². The Labute approximate surface area is 116 Å². The van der Waals surface area contributed by atoms with Gasteiger partial charge in [-0.1, -0.05) is 36.4 Å². The highest BCUT2D eigenvalue weighted by Crippen LogP contribution is 2.35. The van der Waals surface area contributed by atoms with E-state index in [0.717, 1.165) is 22.2 Å². The molecule has 3 heteroatoms. The number of aryl methyl sites for hydroxylation is 1. The molecule has 3 nitrogen and oxygen atoms in total. The number of hydrogen-bond acceptors (Lipinski definition) is 1. The van der Waals surface area contributed by atoms with Crippen molar-refractivity contribution in [2.45, 2.75) is 13.0 Å². The van der Waals surface area contributed by atoms with Gasteiger partial charge in [-0.15, -0.1) is 0 Å². The fourth-order valence-corrected chi connectivity index (χ4v) is 3.05. The zero-order chi connectivity index (χ0) is 13.7. The average molecular weight is 262 g/mol. The molecular weight excluding hydrogens is 248 g/mol. The highest BCUT2D eigenvalue weighted by Gasteiger charge is 2.30. The fraction of sp³-hybridized carbons (Fsp3) is 0.118. The summed E-state index contributed by atoms with van der Waals surface area (Å²) in [6, 6.07) is 14.0. The highest BCUT2D eigenvalue weighted by molar-refractivity contribution is 6.00. The highest BCUT2D eigenvalue weighted by atomic mass is 16.2. The van der Waals surface area contributed by atoms with Crippen LogP contribution >= 0.6 is 0 Å². The number of rotatable bonds is 1. The van der Waals surface area contributed by atoms with Gasteiger partial charge in [0, 0.05) is 28.2 Å². The quantitative estimate of drug-likeness (QED) is 0.694. The normalized spacial score (nSPS) is 17.2. The molecule has 1 aromatic heterocycles. The molecule has 0 radical (unpaired) electrons. The van der Waals surface area contributed by atoms with Crippen molar-refractivity contribution in [3.05, 3.63) is 70.9 Å². The molecular formula is C17H14N2O. The van der Waals surface area contributed by atoms with Gasteiger partial charge in [0.1, 0.15) is 0 Å². The number of aromatic amines is 1. The Bertz CT molecular complexity index is 832. The molecule has 0 saturated heterocycles. The average Bonchev–Trinajstić information content (AvgIpc) is 3.02. The predicted octanol–water partition coefficient (Wildman–Crippen LogP) is 3.31. The lowest BCUT2D eigenvalue weighted by Gasteiger charge is -2.11. The molecule has 0 bridgehead atoms. The van der Waals surface area contributed by atoms with Crippen molar-refractivity contribution in [2.24, 2.45) is 0 Å². The lowest BCUT2D eigenvalue weighted by atomic mass is 9.97. The summed E-state index contributed by atoms with van der Waals surface area (Å²) in [5.74, 6) is 0.00704. The fourth-order valence-electron chi connectivity index (χ4n) is 3.05. The molecule has 2 heterocycles. The van der Waals surface area contributed by atoms with Crippen molar-refractivity contribution >= 4 is 16.8 Å². The Balaban J connectivity index is 1.94. The third-order valence-corrected chi connectivity index (χ3v) is 4.06. The maximum Gasteiger partial charge on any atom is 0.252 e. The summed E-state index contributed by atoms with van der Waals surface area (Å²) >= 11 is 0.